The fourth-order valence-corrected chi connectivity index (χ4v) is 2.41. The number of carbonyl (C=O) groups is 1. The first kappa shape index (κ1) is 13.5. The molecule has 110 valence electrons. The molecule has 1 saturated heterocycles. The van der Waals surface area contributed by atoms with Gasteiger partial charge in [0.05, 0.1) is 12.5 Å². The molecule has 0 atom stereocenters. The molecule has 3 rings (SSSR count). The number of urea groups is 1. The van der Waals surface area contributed by atoms with Crippen molar-refractivity contribution in [3.8, 4) is 0 Å². The maximum atomic E-state index is 12.1. The van der Waals surface area contributed by atoms with Crippen LogP contribution in [-0.4, -0.2) is 42.1 Å². The van der Waals surface area contributed by atoms with Gasteiger partial charge in [-0.2, -0.15) is 0 Å². The van der Waals surface area contributed by atoms with E-state index in [2.05, 4.69) is 15.2 Å². The van der Waals surface area contributed by atoms with Crippen molar-refractivity contribution in [3.05, 3.63) is 48.7 Å². The van der Waals surface area contributed by atoms with Crippen molar-refractivity contribution in [2.45, 2.75) is 6.54 Å². The Hall–Kier alpha value is -2.50. The number of nitrogens with zero attached hydrogens (tertiary/aromatic N) is 3. The molecule has 0 bridgehead atoms. The number of amides is 2. The van der Waals surface area contributed by atoms with Gasteiger partial charge >= 0.3 is 6.03 Å². The van der Waals surface area contributed by atoms with Crippen LogP contribution in [0.1, 0.15) is 5.56 Å². The fourth-order valence-electron chi connectivity index (χ4n) is 2.41. The summed E-state index contributed by atoms with van der Waals surface area (Å²) in [4.78, 5) is 20.2. The van der Waals surface area contributed by atoms with Crippen LogP contribution in [0.3, 0.4) is 0 Å². The summed E-state index contributed by atoms with van der Waals surface area (Å²) in [6.07, 6.45) is 6.83. The molecule has 6 heteroatoms. The first-order chi connectivity index (χ1) is 10.3. The van der Waals surface area contributed by atoms with E-state index in [1.165, 1.54) is 0 Å². The van der Waals surface area contributed by atoms with Gasteiger partial charge in [-0.25, -0.2) is 4.79 Å². The van der Waals surface area contributed by atoms with Crippen LogP contribution in [-0.2, 0) is 6.54 Å². The van der Waals surface area contributed by atoms with Gasteiger partial charge in [0.15, 0.2) is 0 Å². The van der Waals surface area contributed by atoms with Gasteiger partial charge in [-0.1, -0.05) is 0 Å². The molecule has 0 radical (unpaired) electrons. The highest BCUT2D eigenvalue weighted by Crippen LogP contribution is 2.14. The molecule has 2 aromatic heterocycles. The number of nitrogens with one attached hydrogen (secondary N) is 1. The number of rotatable bonds is 3. The van der Waals surface area contributed by atoms with Gasteiger partial charge in [-0.3, -0.25) is 4.98 Å². The number of carbonyl (C=O) groups excluding carboxylic acids is 1. The van der Waals surface area contributed by atoms with E-state index in [9.17, 15) is 4.79 Å². The largest absolute Gasteiger partial charge is 0.472 e. The summed E-state index contributed by atoms with van der Waals surface area (Å²) in [5, 5.41) is 2.91. The van der Waals surface area contributed by atoms with Gasteiger partial charge in [-0.15, -0.1) is 0 Å². The zero-order valence-electron chi connectivity index (χ0n) is 11.7. The number of anilines is 1. The maximum Gasteiger partial charge on any atom is 0.317 e. The standard InChI is InChI=1S/C15H18N4O2/c20-15(17-11-13-3-10-21-12-13)19-8-6-18(7-9-19)14-1-4-16-5-2-14/h1-5,10,12H,6-9,11H2,(H,17,20). The van der Waals surface area contributed by atoms with Crippen LogP contribution in [0.15, 0.2) is 47.5 Å². The van der Waals surface area contributed by atoms with Gasteiger partial charge in [0.2, 0.25) is 0 Å². The van der Waals surface area contributed by atoms with Crippen molar-refractivity contribution in [1.82, 2.24) is 15.2 Å². The average molecular weight is 286 g/mol. The van der Waals surface area contributed by atoms with Gasteiger partial charge in [0.25, 0.3) is 0 Å². The van der Waals surface area contributed by atoms with E-state index in [-0.39, 0.29) is 6.03 Å². The lowest BCUT2D eigenvalue weighted by molar-refractivity contribution is 0.194. The van der Waals surface area contributed by atoms with E-state index in [0.29, 0.717) is 6.54 Å². The van der Waals surface area contributed by atoms with E-state index in [4.69, 9.17) is 4.42 Å². The number of piperazine rings is 1. The quantitative estimate of drug-likeness (QED) is 0.933. The lowest BCUT2D eigenvalue weighted by atomic mass is 10.2. The number of furan rings is 1. The van der Waals surface area contributed by atoms with Crippen LogP contribution in [0.4, 0.5) is 10.5 Å². The average Bonchev–Trinajstić information content (AvgIpc) is 3.07. The van der Waals surface area contributed by atoms with Crippen LogP contribution in [0.2, 0.25) is 0 Å². The molecule has 1 aliphatic rings. The fraction of sp³-hybridized carbons (Fsp3) is 0.333. The molecule has 0 saturated carbocycles. The SMILES string of the molecule is O=C(NCc1ccoc1)N1CCN(c2ccncc2)CC1. The normalized spacial score (nSPS) is 15.0. The highest BCUT2D eigenvalue weighted by Gasteiger charge is 2.20. The Morgan fingerprint density at radius 3 is 2.62 bits per heavy atom. The Bertz CT molecular complexity index is 563. The molecule has 1 aliphatic heterocycles. The maximum absolute atomic E-state index is 12.1. The van der Waals surface area contributed by atoms with Crippen molar-refractivity contribution in [1.29, 1.82) is 0 Å². The molecular formula is C15H18N4O2. The Kier molecular flexibility index (Phi) is 4.04. The predicted molar refractivity (Wildman–Crippen MR) is 79.0 cm³/mol. The minimum Gasteiger partial charge on any atom is -0.472 e. The van der Waals surface area contributed by atoms with Crippen molar-refractivity contribution in [3.63, 3.8) is 0 Å². The summed E-state index contributed by atoms with van der Waals surface area (Å²) in [5.41, 5.74) is 2.13. The van der Waals surface area contributed by atoms with E-state index in [1.807, 2.05) is 23.1 Å². The highest BCUT2D eigenvalue weighted by atomic mass is 16.3. The van der Waals surface area contributed by atoms with Crippen molar-refractivity contribution < 1.29 is 9.21 Å². The molecule has 6 nitrogen and oxygen atoms in total. The highest BCUT2D eigenvalue weighted by molar-refractivity contribution is 5.74. The monoisotopic (exact) mass is 286 g/mol. The molecule has 21 heavy (non-hydrogen) atoms. The van der Waals surface area contributed by atoms with E-state index in [0.717, 1.165) is 37.4 Å². The van der Waals surface area contributed by atoms with Crippen molar-refractivity contribution in [2.24, 2.45) is 0 Å². The second kappa shape index (κ2) is 6.30. The Balaban J connectivity index is 1.48. The molecule has 0 unspecified atom stereocenters. The summed E-state index contributed by atoms with van der Waals surface area (Å²) in [5.74, 6) is 0. The molecule has 3 heterocycles. The number of aromatic nitrogens is 1. The molecule has 1 fully saturated rings. The second-order valence-electron chi connectivity index (χ2n) is 4.97. The molecule has 0 aromatic carbocycles. The molecule has 2 aromatic rings. The molecule has 0 aliphatic carbocycles. The Morgan fingerprint density at radius 1 is 1.19 bits per heavy atom. The summed E-state index contributed by atoms with van der Waals surface area (Å²) in [7, 11) is 0. The zero-order valence-corrected chi connectivity index (χ0v) is 11.7. The van der Waals surface area contributed by atoms with E-state index < -0.39 is 0 Å². The van der Waals surface area contributed by atoms with Gasteiger partial charge in [0.1, 0.15) is 0 Å². The number of pyridine rings is 1. The third-order valence-electron chi connectivity index (χ3n) is 3.62. The lowest BCUT2D eigenvalue weighted by Crippen LogP contribution is -2.51. The van der Waals surface area contributed by atoms with Crippen molar-refractivity contribution in [2.75, 3.05) is 31.1 Å². The van der Waals surface area contributed by atoms with Crippen LogP contribution in [0, 0.1) is 0 Å². The molecule has 0 spiro atoms. The topological polar surface area (TPSA) is 61.6 Å². The Morgan fingerprint density at radius 2 is 1.95 bits per heavy atom. The third kappa shape index (κ3) is 3.34. The predicted octanol–water partition coefficient (Wildman–Crippen LogP) is 1.71. The second-order valence-corrected chi connectivity index (χ2v) is 4.97. The molecule has 1 N–H and O–H groups in total. The van der Waals surface area contributed by atoms with Gasteiger partial charge in [0, 0.05) is 56.4 Å². The number of hydrogen-bond acceptors (Lipinski definition) is 4. The summed E-state index contributed by atoms with van der Waals surface area (Å²) in [6.45, 7) is 3.62. The zero-order chi connectivity index (χ0) is 14.5. The lowest BCUT2D eigenvalue weighted by Gasteiger charge is -2.36. The van der Waals surface area contributed by atoms with Gasteiger partial charge in [-0.05, 0) is 18.2 Å². The summed E-state index contributed by atoms with van der Waals surface area (Å²) in [6, 6.07) is 5.82. The van der Waals surface area contributed by atoms with Crippen LogP contribution in [0.5, 0.6) is 0 Å². The van der Waals surface area contributed by atoms with Gasteiger partial charge < -0.3 is 19.5 Å². The number of hydrogen-bond donors (Lipinski definition) is 1. The van der Waals surface area contributed by atoms with Crippen LogP contribution < -0.4 is 10.2 Å². The Labute approximate surface area is 123 Å². The minimum atomic E-state index is -0.0226. The van der Waals surface area contributed by atoms with E-state index >= 15 is 0 Å². The van der Waals surface area contributed by atoms with Crippen molar-refractivity contribution >= 4 is 11.7 Å². The molecular weight excluding hydrogens is 268 g/mol. The summed E-state index contributed by atoms with van der Waals surface area (Å²) < 4.78 is 4.98. The minimum absolute atomic E-state index is 0.0226. The smallest absolute Gasteiger partial charge is 0.317 e. The first-order valence-electron chi connectivity index (χ1n) is 7.02. The van der Waals surface area contributed by atoms with Crippen LogP contribution in [0.25, 0.3) is 0 Å². The third-order valence-corrected chi connectivity index (χ3v) is 3.62. The first-order valence-corrected chi connectivity index (χ1v) is 7.02. The van der Waals surface area contributed by atoms with Crippen LogP contribution >= 0.6 is 0 Å². The van der Waals surface area contributed by atoms with E-state index in [1.54, 1.807) is 24.9 Å². The molecule has 2 amide bonds. The summed E-state index contributed by atoms with van der Waals surface area (Å²) >= 11 is 0.